The van der Waals surface area contributed by atoms with E-state index in [1.807, 2.05) is 23.1 Å². The third-order valence-corrected chi connectivity index (χ3v) is 7.17. The minimum atomic E-state index is -0.0702. The van der Waals surface area contributed by atoms with Gasteiger partial charge in [-0.1, -0.05) is 23.7 Å². The molecule has 5 rings (SSSR count). The molecular weight excluding hydrogens is 462 g/mol. The van der Waals surface area contributed by atoms with Crippen molar-refractivity contribution in [2.75, 3.05) is 31.1 Å². The number of halogens is 1. The van der Waals surface area contributed by atoms with Gasteiger partial charge >= 0.3 is 0 Å². The van der Waals surface area contributed by atoms with Crippen LogP contribution in [-0.2, 0) is 4.79 Å². The van der Waals surface area contributed by atoms with Crippen LogP contribution >= 0.6 is 11.6 Å². The summed E-state index contributed by atoms with van der Waals surface area (Å²) in [6.07, 6.45) is 4.23. The van der Waals surface area contributed by atoms with Gasteiger partial charge in [-0.3, -0.25) is 14.5 Å². The molecule has 1 atom stereocenters. The number of nitrogens with zero attached hydrogens (tertiary/aromatic N) is 4. The first-order valence-electron chi connectivity index (χ1n) is 12.1. The standard InChI is InChI=1S/C27H28ClN5O2/c28-23-7-3-21(4-8-23)26(34)32-16-12-20(13-17-32)19-5-9-24(10-6-19)33(25-2-1-14-30-31-25)27(35)22-11-15-29-18-22/h1-10,14,20,22,29H,11-13,15-18H2/t22-/m0/s1. The van der Waals surface area contributed by atoms with Gasteiger partial charge in [0.2, 0.25) is 5.91 Å². The maximum Gasteiger partial charge on any atom is 0.253 e. The molecule has 0 bridgehead atoms. The number of aromatic nitrogens is 2. The van der Waals surface area contributed by atoms with E-state index in [0.717, 1.165) is 31.5 Å². The summed E-state index contributed by atoms with van der Waals surface area (Å²) in [5.41, 5.74) is 2.69. The van der Waals surface area contributed by atoms with Gasteiger partial charge in [0.15, 0.2) is 5.82 Å². The molecule has 2 fully saturated rings. The van der Waals surface area contributed by atoms with E-state index in [1.54, 1.807) is 41.4 Å². The quantitative estimate of drug-likeness (QED) is 0.573. The van der Waals surface area contributed by atoms with Crippen molar-refractivity contribution in [3.05, 3.63) is 83.0 Å². The molecular formula is C27H28ClN5O2. The zero-order valence-electron chi connectivity index (χ0n) is 19.4. The van der Waals surface area contributed by atoms with E-state index in [4.69, 9.17) is 11.6 Å². The lowest BCUT2D eigenvalue weighted by Crippen LogP contribution is -2.37. The highest BCUT2D eigenvalue weighted by Gasteiger charge is 2.30. The molecule has 0 saturated carbocycles. The molecule has 2 aromatic carbocycles. The van der Waals surface area contributed by atoms with E-state index in [2.05, 4.69) is 27.6 Å². The van der Waals surface area contributed by atoms with Crippen molar-refractivity contribution in [2.24, 2.45) is 5.92 Å². The second-order valence-electron chi connectivity index (χ2n) is 9.11. The number of carbonyl (C=O) groups is 2. The van der Waals surface area contributed by atoms with E-state index >= 15 is 0 Å². The van der Waals surface area contributed by atoms with Gasteiger partial charge in [0.1, 0.15) is 0 Å². The Balaban J connectivity index is 1.27. The predicted octanol–water partition coefficient (Wildman–Crippen LogP) is 4.42. The van der Waals surface area contributed by atoms with Crippen LogP contribution in [-0.4, -0.2) is 53.1 Å². The molecule has 3 aromatic rings. The second kappa shape index (κ2) is 10.5. The first-order valence-corrected chi connectivity index (χ1v) is 12.4. The molecule has 0 aliphatic carbocycles. The summed E-state index contributed by atoms with van der Waals surface area (Å²) in [6, 6.07) is 18.9. The third kappa shape index (κ3) is 5.21. The molecule has 0 unspecified atom stereocenters. The van der Waals surface area contributed by atoms with Crippen molar-refractivity contribution in [1.82, 2.24) is 20.4 Å². The van der Waals surface area contributed by atoms with Gasteiger partial charge in [-0.2, -0.15) is 5.10 Å². The SMILES string of the molecule is O=C(c1ccc(Cl)cc1)N1CCC(c2ccc(N(C(=O)[C@H]3CCNC3)c3cccnn3)cc2)CC1. The first-order chi connectivity index (χ1) is 17.1. The number of piperidine rings is 1. The molecule has 35 heavy (non-hydrogen) atoms. The minimum absolute atomic E-state index is 0.0391. The fourth-order valence-corrected chi connectivity index (χ4v) is 5.05. The molecule has 3 heterocycles. The lowest BCUT2D eigenvalue weighted by molar-refractivity contribution is -0.121. The topological polar surface area (TPSA) is 78.4 Å². The van der Waals surface area contributed by atoms with Gasteiger partial charge in [0.25, 0.3) is 5.91 Å². The maximum atomic E-state index is 13.3. The minimum Gasteiger partial charge on any atom is -0.339 e. The Morgan fingerprint density at radius 2 is 1.71 bits per heavy atom. The molecule has 2 saturated heterocycles. The van der Waals surface area contributed by atoms with Crippen LogP contribution in [0, 0.1) is 5.92 Å². The van der Waals surface area contributed by atoms with Crippen LogP contribution in [0.15, 0.2) is 66.9 Å². The lowest BCUT2D eigenvalue weighted by atomic mass is 9.89. The number of hydrogen-bond donors (Lipinski definition) is 1. The first kappa shape index (κ1) is 23.5. The van der Waals surface area contributed by atoms with Gasteiger partial charge in [-0.15, -0.1) is 5.10 Å². The molecule has 2 aliphatic rings. The van der Waals surface area contributed by atoms with Crippen molar-refractivity contribution >= 4 is 34.9 Å². The van der Waals surface area contributed by atoms with E-state index in [1.165, 1.54) is 5.56 Å². The van der Waals surface area contributed by atoms with Crippen molar-refractivity contribution in [2.45, 2.75) is 25.2 Å². The zero-order valence-corrected chi connectivity index (χ0v) is 20.2. The van der Waals surface area contributed by atoms with Crippen LogP contribution in [0.4, 0.5) is 11.5 Å². The van der Waals surface area contributed by atoms with E-state index in [-0.39, 0.29) is 17.7 Å². The Kier molecular flexibility index (Phi) is 7.06. The number of amides is 2. The Bertz CT molecular complexity index is 1160. The molecule has 0 spiro atoms. The average Bonchev–Trinajstić information content (AvgIpc) is 3.45. The number of nitrogens with one attached hydrogen (secondary N) is 1. The third-order valence-electron chi connectivity index (χ3n) is 6.91. The van der Waals surface area contributed by atoms with Gasteiger partial charge < -0.3 is 10.2 Å². The monoisotopic (exact) mass is 489 g/mol. The molecule has 2 amide bonds. The second-order valence-corrected chi connectivity index (χ2v) is 9.55. The zero-order chi connectivity index (χ0) is 24.2. The highest BCUT2D eigenvalue weighted by Crippen LogP contribution is 2.32. The Morgan fingerprint density at radius 3 is 2.34 bits per heavy atom. The van der Waals surface area contributed by atoms with Crippen molar-refractivity contribution < 1.29 is 9.59 Å². The van der Waals surface area contributed by atoms with Crippen LogP contribution in [0.1, 0.15) is 41.1 Å². The van der Waals surface area contributed by atoms with Crippen LogP contribution < -0.4 is 10.2 Å². The molecule has 7 nitrogen and oxygen atoms in total. The smallest absolute Gasteiger partial charge is 0.253 e. The highest BCUT2D eigenvalue weighted by molar-refractivity contribution is 6.30. The summed E-state index contributed by atoms with van der Waals surface area (Å²) in [6.45, 7) is 2.96. The van der Waals surface area contributed by atoms with Crippen molar-refractivity contribution in [3.63, 3.8) is 0 Å². The van der Waals surface area contributed by atoms with Crippen molar-refractivity contribution in [3.8, 4) is 0 Å². The average molecular weight is 490 g/mol. The van der Waals surface area contributed by atoms with E-state index in [0.29, 0.717) is 42.0 Å². The maximum absolute atomic E-state index is 13.3. The lowest BCUT2D eigenvalue weighted by Gasteiger charge is -2.32. The molecule has 180 valence electrons. The number of rotatable bonds is 5. The Hall–Kier alpha value is -3.29. The largest absolute Gasteiger partial charge is 0.339 e. The van der Waals surface area contributed by atoms with Crippen molar-refractivity contribution in [1.29, 1.82) is 0 Å². The van der Waals surface area contributed by atoms with Crippen LogP contribution in [0.2, 0.25) is 5.02 Å². The Morgan fingerprint density at radius 1 is 0.971 bits per heavy atom. The summed E-state index contributed by atoms with van der Waals surface area (Å²) < 4.78 is 0. The number of likely N-dealkylation sites (tertiary alicyclic amines) is 1. The summed E-state index contributed by atoms with van der Waals surface area (Å²) in [5.74, 6) is 0.927. The number of benzene rings is 2. The van der Waals surface area contributed by atoms with Gasteiger partial charge in [-0.25, -0.2) is 0 Å². The fourth-order valence-electron chi connectivity index (χ4n) is 4.92. The fraction of sp³-hybridized carbons (Fsp3) is 0.333. The number of carbonyl (C=O) groups excluding carboxylic acids is 2. The van der Waals surface area contributed by atoms with E-state index in [9.17, 15) is 9.59 Å². The molecule has 0 radical (unpaired) electrons. The van der Waals surface area contributed by atoms with Crippen LogP contribution in [0.3, 0.4) is 0 Å². The highest BCUT2D eigenvalue weighted by atomic mass is 35.5. The summed E-state index contributed by atoms with van der Waals surface area (Å²) in [5, 5.41) is 12.1. The Labute approximate surface area is 210 Å². The predicted molar refractivity (Wildman–Crippen MR) is 136 cm³/mol. The molecule has 2 aliphatic heterocycles. The summed E-state index contributed by atoms with van der Waals surface area (Å²) in [7, 11) is 0. The van der Waals surface area contributed by atoms with Gasteiger partial charge in [0.05, 0.1) is 11.6 Å². The normalized spacial score (nSPS) is 18.4. The molecule has 8 heteroatoms. The molecule has 1 N–H and O–H groups in total. The number of anilines is 2. The number of hydrogen-bond acceptors (Lipinski definition) is 5. The van der Waals surface area contributed by atoms with Gasteiger partial charge in [-0.05, 0) is 85.8 Å². The summed E-state index contributed by atoms with van der Waals surface area (Å²) >= 11 is 5.95. The van der Waals surface area contributed by atoms with E-state index < -0.39 is 0 Å². The van der Waals surface area contributed by atoms with Crippen LogP contribution in [0.25, 0.3) is 0 Å². The van der Waals surface area contributed by atoms with Gasteiger partial charge in [0, 0.05) is 36.4 Å². The molecule has 1 aromatic heterocycles. The summed E-state index contributed by atoms with van der Waals surface area (Å²) in [4.78, 5) is 29.8. The van der Waals surface area contributed by atoms with Crippen LogP contribution in [0.5, 0.6) is 0 Å².